The molecule has 0 saturated carbocycles. The zero-order valence-electron chi connectivity index (χ0n) is 56.3. The number of esters is 1. The Kier molecular flexibility index (Phi) is 61.3. The summed E-state index contributed by atoms with van der Waals surface area (Å²) in [6, 6.07) is -0.883. The van der Waals surface area contributed by atoms with Gasteiger partial charge in [0.15, 0.2) is 0 Å². The molecule has 9 nitrogen and oxygen atoms in total. The van der Waals surface area contributed by atoms with Crippen LogP contribution >= 0.6 is 7.82 Å². The summed E-state index contributed by atoms with van der Waals surface area (Å²) in [6.07, 6.45) is 91.8. The molecule has 0 aromatic carbocycles. The van der Waals surface area contributed by atoms with E-state index in [0.717, 1.165) is 116 Å². The molecule has 1 amide bonds. The highest BCUT2D eigenvalue weighted by molar-refractivity contribution is 7.47. The fourth-order valence-corrected chi connectivity index (χ4v) is 10.2. The fourth-order valence-electron chi connectivity index (χ4n) is 9.46. The lowest BCUT2D eigenvalue weighted by atomic mass is 10.0. The van der Waals surface area contributed by atoms with E-state index in [-0.39, 0.29) is 37.9 Å². The minimum Gasteiger partial charge on any atom is -0.456 e. The van der Waals surface area contributed by atoms with Gasteiger partial charge in [0.2, 0.25) is 5.91 Å². The number of nitrogens with one attached hydrogen (secondary N) is 1. The smallest absolute Gasteiger partial charge is 0.456 e. The molecule has 3 unspecified atom stereocenters. The van der Waals surface area contributed by atoms with Crippen LogP contribution in [0, 0.1) is 0 Å². The normalized spacial score (nSPS) is 14.4. The molecule has 492 valence electrons. The lowest BCUT2D eigenvalue weighted by Crippen LogP contribution is -2.47. The number of allylic oxidation sites excluding steroid dienone is 21. The van der Waals surface area contributed by atoms with Crippen molar-refractivity contribution in [3.63, 3.8) is 0 Å². The van der Waals surface area contributed by atoms with E-state index in [4.69, 9.17) is 13.8 Å². The molecule has 0 aliphatic carbocycles. The number of rotatable bonds is 62. The van der Waals surface area contributed by atoms with Crippen molar-refractivity contribution in [2.24, 2.45) is 0 Å². The SMILES string of the molecule is CC/C=C\C/C=C\C/C=C\C/C=C\C/C=C\C/C=C\CCCCC(=O)NC(COP(=O)(O)OCC[N+](C)(C)C)C(/C=C\CCCCCCCCCCCC)OC(=O)CCCCCCCCCCCCC/C=C\C/C=C\C/C=C\C/C=C\CCCCC. The van der Waals surface area contributed by atoms with Crippen LogP contribution in [0.15, 0.2) is 134 Å². The number of amides is 1. The predicted octanol–water partition coefficient (Wildman–Crippen LogP) is 22.4. The Hall–Kier alpha value is -3.85. The van der Waals surface area contributed by atoms with Crippen LogP contribution in [0.1, 0.15) is 284 Å². The Morgan fingerprint density at radius 1 is 0.419 bits per heavy atom. The van der Waals surface area contributed by atoms with Gasteiger partial charge in [0.1, 0.15) is 19.3 Å². The Balaban J connectivity index is 5.16. The minimum absolute atomic E-state index is 0.0243. The predicted molar refractivity (Wildman–Crippen MR) is 373 cm³/mol. The number of likely N-dealkylation sites (N-methyl/N-ethyl adjacent to an activating group) is 1. The van der Waals surface area contributed by atoms with Gasteiger partial charge in [0.25, 0.3) is 0 Å². The first kappa shape index (κ1) is 82.1. The summed E-state index contributed by atoms with van der Waals surface area (Å²) >= 11 is 0. The van der Waals surface area contributed by atoms with Crippen molar-refractivity contribution >= 4 is 19.7 Å². The quantitative estimate of drug-likeness (QED) is 0.0205. The standard InChI is InChI=1S/C76H131N2O7P/c1-7-10-13-16-19-22-25-28-30-32-34-36-37-38-39-40-41-43-45-47-49-51-54-57-60-63-66-69-76(80)85-74(67-64-61-58-55-52-27-24-21-18-15-12-9-3)73(72-84-86(81,82)83-71-70-78(4,5)6)77-75(79)68-65-62-59-56-53-50-48-46-44-42-35-33-31-29-26-23-20-17-14-11-8-2/h11,14,19-20,22-23,28-31,34-36,38-39,42,46,48,53,56,64,67,73-74H,7-10,12-13,15-18,21,24-27,32-33,37,40-41,43-45,47,49-52,54-55,57-63,65-66,68-72H2,1-6H3,(H-,77,79,81,82)/p+1/b14-11-,22-19-,23-20-,30-28-,31-29-,36-34-,39-38-,42-35-,48-46-,56-53-,67-64-. The van der Waals surface area contributed by atoms with E-state index < -0.39 is 20.0 Å². The number of hydrogen-bond acceptors (Lipinski definition) is 6. The summed E-state index contributed by atoms with van der Waals surface area (Å²) < 4.78 is 30.8. The topological polar surface area (TPSA) is 111 Å². The summed E-state index contributed by atoms with van der Waals surface area (Å²) in [4.78, 5) is 37.9. The second kappa shape index (κ2) is 64.1. The van der Waals surface area contributed by atoms with Gasteiger partial charge in [-0.25, -0.2) is 4.57 Å². The number of unbranched alkanes of at least 4 members (excludes halogenated alkanes) is 26. The summed E-state index contributed by atoms with van der Waals surface area (Å²) in [5.41, 5.74) is 0. The van der Waals surface area contributed by atoms with Gasteiger partial charge in [-0.3, -0.25) is 18.6 Å². The lowest BCUT2D eigenvalue weighted by Gasteiger charge is -2.27. The fraction of sp³-hybridized carbons (Fsp3) is 0.684. The molecule has 10 heteroatoms. The number of carbonyl (C=O) groups excluding carboxylic acids is 2. The number of quaternary nitrogens is 1. The molecule has 0 aliphatic rings. The van der Waals surface area contributed by atoms with Gasteiger partial charge in [-0.05, 0) is 128 Å². The van der Waals surface area contributed by atoms with Gasteiger partial charge in [0, 0.05) is 12.8 Å². The van der Waals surface area contributed by atoms with Crippen LogP contribution in [0.3, 0.4) is 0 Å². The summed E-state index contributed by atoms with van der Waals surface area (Å²) in [5.74, 6) is -0.564. The van der Waals surface area contributed by atoms with Crippen LogP contribution in [0.4, 0.5) is 0 Å². The van der Waals surface area contributed by atoms with Crippen molar-refractivity contribution in [3.05, 3.63) is 134 Å². The van der Waals surface area contributed by atoms with Crippen molar-refractivity contribution in [2.45, 2.75) is 296 Å². The molecule has 0 radical (unpaired) electrons. The monoisotopic (exact) mass is 1220 g/mol. The van der Waals surface area contributed by atoms with E-state index in [9.17, 15) is 19.0 Å². The van der Waals surface area contributed by atoms with E-state index >= 15 is 0 Å². The zero-order chi connectivity index (χ0) is 62.8. The van der Waals surface area contributed by atoms with Gasteiger partial charge in [-0.15, -0.1) is 0 Å². The molecule has 0 aliphatic heterocycles. The van der Waals surface area contributed by atoms with Crippen LogP contribution in [0.2, 0.25) is 0 Å². The first-order chi connectivity index (χ1) is 41.9. The molecule has 0 heterocycles. The first-order valence-electron chi connectivity index (χ1n) is 35.0. The third-order valence-electron chi connectivity index (χ3n) is 14.8. The highest BCUT2D eigenvalue weighted by Crippen LogP contribution is 2.43. The number of ether oxygens (including phenoxy) is 1. The second-order valence-electron chi connectivity index (χ2n) is 24.3. The summed E-state index contributed by atoms with van der Waals surface area (Å²) in [7, 11) is 1.45. The number of phosphoric acid groups is 1. The molecule has 0 bridgehead atoms. The van der Waals surface area contributed by atoms with Crippen molar-refractivity contribution < 1.29 is 37.3 Å². The Morgan fingerprint density at radius 2 is 0.744 bits per heavy atom. The maximum atomic E-state index is 13.6. The van der Waals surface area contributed by atoms with Gasteiger partial charge in [0.05, 0.1) is 33.8 Å². The maximum absolute atomic E-state index is 13.6. The van der Waals surface area contributed by atoms with Crippen LogP contribution in [0.25, 0.3) is 0 Å². The highest BCUT2D eigenvalue weighted by atomic mass is 31.2. The van der Waals surface area contributed by atoms with Crippen molar-refractivity contribution in [1.82, 2.24) is 5.32 Å². The van der Waals surface area contributed by atoms with E-state index in [2.05, 4.69) is 148 Å². The Morgan fingerprint density at radius 3 is 1.15 bits per heavy atom. The number of phosphoric ester groups is 1. The van der Waals surface area contributed by atoms with E-state index in [1.54, 1.807) is 0 Å². The highest BCUT2D eigenvalue weighted by Gasteiger charge is 2.30. The number of carbonyl (C=O) groups is 2. The zero-order valence-corrected chi connectivity index (χ0v) is 57.2. The molecule has 0 rings (SSSR count). The van der Waals surface area contributed by atoms with Crippen LogP contribution in [0.5, 0.6) is 0 Å². The average molecular weight is 1220 g/mol. The molecule has 86 heavy (non-hydrogen) atoms. The van der Waals surface area contributed by atoms with Crippen molar-refractivity contribution in [3.8, 4) is 0 Å². The maximum Gasteiger partial charge on any atom is 0.472 e. The van der Waals surface area contributed by atoms with Gasteiger partial charge in [-0.1, -0.05) is 277 Å². The molecular weight excluding hydrogens is 1080 g/mol. The van der Waals surface area contributed by atoms with Gasteiger partial charge < -0.3 is 19.4 Å². The Bertz CT molecular complexity index is 1930. The molecule has 0 fully saturated rings. The molecule has 2 N–H and O–H groups in total. The van der Waals surface area contributed by atoms with Gasteiger partial charge >= 0.3 is 13.8 Å². The molecule has 0 spiro atoms. The van der Waals surface area contributed by atoms with E-state index in [1.165, 1.54) is 128 Å². The van der Waals surface area contributed by atoms with Crippen LogP contribution < -0.4 is 5.32 Å². The van der Waals surface area contributed by atoms with Crippen molar-refractivity contribution in [1.29, 1.82) is 0 Å². The van der Waals surface area contributed by atoms with E-state index in [0.29, 0.717) is 17.4 Å². The molecule has 0 aromatic heterocycles. The first-order valence-corrected chi connectivity index (χ1v) is 36.5. The minimum atomic E-state index is -4.48. The van der Waals surface area contributed by atoms with E-state index in [1.807, 2.05) is 33.3 Å². The van der Waals surface area contributed by atoms with Gasteiger partial charge in [-0.2, -0.15) is 0 Å². The van der Waals surface area contributed by atoms with Crippen LogP contribution in [-0.2, 0) is 27.9 Å². The average Bonchev–Trinajstić information content (AvgIpc) is 3.66. The van der Waals surface area contributed by atoms with Crippen molar-refractivity contribution in [2.75, 3.05) is 40.9 Å². The number of hydrogen-bond donors (Lipinski definition) is 2. The second-order valence-corrected chi connectivity index (χ2v) is 25.8. The molecule has 0 saturated heterocycles. The summed E-state index contributed by atoms with van der Waals surface area (Å²) in [5, 5.41) is 3.04. The molecular formula is C76H132N2O7P+. The van der Waals surface area contributed by atoms with Crippen LogP contribution in [-0.4, -0.2) is 74.3 Å². The lowest BCUT2D eigenvalue weighted by molar-refractivity contribution is -0.870. The third kappa shape index (κ3) is 64.6. The summed E-state index contributed by atoms with van der Waals surface area (Å²) in [6.45, 7) is 6.83. The number of nitrogens with zero attached hydrogens (tertiary/aromatic N) is 1. The molecule has 3 atom stereocenters. The third-order valence-corrected chi connectivity index (χ3v) is 15.8. The largest absolute Gasteiger partial charge is 0.472 e. The molecule has 0 aromatic rings. The Labute approximate surface area is 530 Å².